The molecular weight excluding hydrogens is 422 g/mol. The Morgan fingerprint density at radius 1 is 1.13 bits per heavy atom. The summed E-state index contributed by atoms with van der Waals surface area (Å²) in [6, 6.07) is 14.9. The Kier molecular flexibility index (Phi) is 5.67. The van der Waals surface area contributed by atoms with Crippen LogP contribution in [0.1, 0.15) is 21.1 Å². The number of carbonyl (C=O) groups is 1. The number of hydrogen-bond donors (Lipinski definition) is 2. The van der Waals surface area contributed by atoms with Gasteiger partial charge < -0.3 is 9.73 Å². The van der Waals surface area contributed by atoms with Gasteiger partial charge in [0.15, 0.2) is 11.5 Å². The highest BCUT2D eigenvalue weighted by molar-refractivity contribution is 7.89. The van der Waals surface area contributed by atoms with E-state index >= 15 is 0 Å². The molecule has 0 fully saturated rings. The standard InChI is InChI=1S/C21H19N3O4S2/c1-14-23-19-13-16(6-9-20(19)28-14)24-21(25)15-4-7-18(8-5-15)30(26,27)22-11-10-17-3-2-12-29-17/h2-9,12-13,22H,10-11H2,1H3,(H,24,25). The number of aryl methyl sites for hydroxylation is 1. The summed E-state index contributed by atoms with van der Waals surface area (Å²) in [5.74, 6) is 0.207. The van der Waals surface area contributed by atoms with Crippen LogP contribution in [0.25, 0.3) is 11.1 Å². The normalized spacial score (nSPS) is 11.6. The van der Waals surface area contributed by atoms with Crippen molar-refractivity contribution in [2.45, 2.75) is 18.2 Å². The van der Waals surface area contributed by atoms with Gasteiger partial charge in [-0.15, -0.1) is 11.3 Å². The van der Waals surface area contributed by atoms with E-state index in [2.05, 4.69) is 15.0 Å². The van der Waals surface area contributed by atoms with E-state index in [1.807, 2.05) is 17.5 Å². The summed E-state index contributed by atoms with van der Waals surface area (Å²) >= 11 is 1.59. The van der Waals surface area contributed by atoms with E-state index in [1.54, 1.807) is 36.5 Å². The predicted octanol–water partition coefficient (Wildman–Crippen LogP) is 3.97. The Hall–Kier alpha value is -3.01. The molecule has 0 bridgehead atoms. The van der Waals surface area contributed by atoms with Crippen molar-refractivity contribution in [2.24, 2.45) is 0 Å². The molecule has 0 aliphatic heterocycles. The number of carbonyl (C=O) groups excluding carboxylic acids is 1. The summed E-state index contributed by atoms with van der Waals surface area (Å²) in [5.41, 5.74) is 2.23. The fraction of sp³-hybridized carbons (Fsp3) is 0.143. The van der Waals surface area contributed by atoms with Gasteiger partial charge in [-0.2, -0.15) is 0 Å². The number of benzene rings is 2. The molecule has 9 heteroatoms. The van der Waals surface area contributed by atoms with Crippen LogP contribution in [0.15, 0.2) is 69.3 Å². The number of nitrogens with zero attached hydrogens (tertiary/aromatic N) is 1. The number of nitrogens with one attached hydrogen (secondary N) is 2. The molecule has 2 N–H and O–H groups in total. The fourth-order valence-corrected chi connectivity index (χ4v) is 4.70. The highest BCUT2D eigenvalue weighted by atomic mass is 32.2. The largest absolute Gasteiger partial charge is 0.441 e. The second-order valence-electron chi connectivity index (χ2n) is 6.62. The van der Waals surface area contributed by atoms with Crippen LogP contribution in [0.3, 0.4) is 0 Å². The lowest BCUT2D eigenvalue weighted by Gasteiger charge is -2.08. The van der Waals surface area contributed by atoms with Crippen molar-refractivity contribution < 1.29 is 17.6 Å². The third-order valence-electron chi connectivity index (χ3n) is 4.42. The zero-order valence-electron chi connectivity index (χ0n) is 16.1. The minimum atomic E-state index is -3.63. The molecule has 0 aliphatic carbocycles. The first-order chi connectivity index (χ1) is 14.4. The van der Waals surface area contributed by atoms with Gasteiger partial charge in [0, 0.05) is 29.6 Å². The summed E-state index contributed by atoms with van der Waals surface area (Å²) in [6.07, 6.45) is 0.632. The number of rotatable bonds is 7. The van der Waals surface area contributed by atoms with E-state index in [-0.39, 0.29) is 10.8 Å². The van der Waals surface area contributed by atoms with Gasteiger partial charge >= 0.3 is 0 Å². The molecule has 0 spiro atoms. The maximum Gasteiger partial charge on any atom is 0.255 e. The number of thiophene rings is 1. The van der Waals surface area contributed by atoms with Crippen LogP contribution < -0.4 is 10.0 Å². The Balaban J connectivity index is 1.40. The molecule has 2 aromatic heterocycles. The molecule has 2 heterocycles. The molecule has 4 aromatic rings. The Labute approximate surface area is 177 Å². The third-order valence-corrected chi connectivity index (χ3v) is 6.84. The Morgan fingerprint density at radius 2 is 1.93 bits per heavy atom. The lowest BCUT2D eigenvalue weighted by molar-refractivity contribution is 0.102. The van der Waals surface area contributed by atoms with Crippen LogP contribution in [-0.2, 0) is 16.4 Å². The van der Waals surface area contributed by atoms with Crippen LogP contribution in [0, 0.1) is 6.92 Å². The summed E-state index contributed by atoms with van der Waals surface area (Å²) in [4.78, 5) is 18.0. The van der Waals surface area contributed by atoms with Crippen molar-refractivity contribution in [3.63, 3.8) is 0 Å². The van der Waals surface area contributed by atoms with Crippen molar-refractivity contribution in [2.75, 3.05) is 11.9 Å². The number of hydrogen-bond acceptors (Lipinski definition) is 6. The van der Waals surface area contributed by atoms with Gasteiger partial charge in [0.1, 0.15) is 5.52 Å². The summed E-state index contributed by atoms with van der Waals surface area (Å²) in [5, 5.41) is 4.74. The number of oxazole rings is 1. The zero-order chi connectivity index (χ0) is 21.1. The Bertz CT molecular complexity index is 1280. The van der Waals surface area contributed by atoms with Crippen LogP contribution in [-0.4, -0.2) is 25.9 Å². The molecule has 0 atom stereocenters. The molecule has 0 saturated carbocycles. The van der Waals surface area contributed by atoms with E-state index in [0.29, 0.717) is 41.2 Å². The molecule has 0 radical (unpaired) electrons. The van der Waals surface area contributed by atoms with Crippen molar-refractivity contribution >= 4 is 44.1 Å². The number of sulfonamides is 1. The van der Waals surface area contributed by atoms with Gasteiger partial charge in [-0.05, 0) is 60.3 Å². The monoisotopic (exact) mass is 441 g/mol. The lowest BCUT2D eigenvalue weighted by atomic mass is 10.2. The fourth-order valence-electron chi connectivity index (χ4n) is 2.96. The molecule has 4 rings (SSSR count). The highest BCUT2D eigenvalue weighted by Gasteiger charge is 2.15. The predicted molar refractivity (Wildman–Crippen MR) is 116 cm³/mol. The maximum absolute atomic E-state index is 12.5. The van der Waals surface area contributed by atoms with Crippen LogP contribution in [0.4, 0.5) is 5.69 Å². The highest BCUT2D eigenvalue weighted by Crippen LogP contribution is 2.20. The molecule has 0 unspecified atom stereocenters. The maximum atomic E-state index is 12.5. The minimum absolute atomic E-state index is 0.115. The molecule has 1 amide bonds. The quantitative estimate of drug-likeness (QED) is 0.452. The summed E-state index contributed by atoms with van der Waals surface area (Å²) in [6.45, 7) is 2.07. The second-order valence-corrected chi connectivity index (χ2v) is 9.42. The zero-order valence-corrected chi connectivity index (χ0v) is 17.7. The molecule has 154 valence electrons. The number of fused-ring (bicyclic) bond motifs is 1. The first-order valence-electron chi connectivity index (χ1n) is 9.21. The topological polar surface area (TPSA) is 101 Å². The first-order valence-corrected chi connectivity index (χ1v) is 11.6. The number of aromatic nitrogens is 1. The van der Waals surface area contributed by atoms with Crippen molar-refractivity contribution in [3.05, 3.63) is 76.3 Å². The van der Waals surface area contributed by atoms with Gasteiger partial charge in [-0.3, -0.25) is 4.79 Å². The van der Waals surface area contributed by atoms with Crippen molar-refractivity contribution in [1.29, 1.82) is 0 Å². The molecule has 2 aromatic carbocycles. The molecule has 30 heavy (non-hydrogen) atoms. The number of amides is 1. The average Bonchev–Trinajstić information content (AvgIpc) is 3.36. The lowest BCUT2D eigenvalue weighted by Crippen LogP contribution is -2.26. The molecule has 7 nitrogen and oxygen atoms in total. The van der Waals surface area contributed by atoms with E-state index in [0.717, 1.165) is 4.88 Å². The Morgan fingerprint density at radius 3 is 2.67 bits per heavy atom. The van der Waals surface area contributed by atoms with Crippen LogP contribution in [0.5, 0.6) is 0 Å². The molecular formula is C21H19N3O4S2. The first kappa shape index (κ1) is 20.3. The van der Waals surface area contributed by atoms with Gasteiger partial charge in [-0.25, -0.2) is 18.1 Å². The SMILES string of the molecule is Cc1nc2cc(NC(=O)c3ccc(S(=O)(=O)NCCc4cccs4)cc3)ccc2o1. The average molecular weight is 442 g/mol. The van der Waals surface area contributed by atoms with Crippen molar-refractivity contribution in [3.8, 4) is 0 Å². The van der Waals surface area contributed by atoms with Crippen LogP contribution in [0.2, 0.25) is 0 Å². The van der Waals surface area contributed by atoms with Crippen molar-refractivity contribution in [1.82, 2.24) is 9.71 Å². The third kappa shape index (κ3) is 4.59. The van der Waals surface area contributed by atoms with E-state index in [1.165, 1.54) is 24.3 Å². The van der Waals surface area contributed by atoms with Gasteiger partial charge in [0.05, 0.1) is 4.90 Å². The van der Waals surface area contributed by atoms with Gasteiger partial charge in [0.25, 0.3) is 5.91 Å². The smallest absolute Gasteiger partial charge is 0.255 e. The summed E-state index contributed by atoms with van der Waals surface area (Å²) in [7, 11) is -3.63. The van der Waals surface area contributed by atoms with Gasteiger partial charge in [-0.1, -0.05) is 6.07 Å². The minimum Gasteiger partial charge on any atom is -0.441 e. The van der Waals surface area contributed by atoms with Crippen LogP contribution >= 0.6 is 11.3 Å². The van der Waals surface area contributed by atoms with E-state index in [9.17, 15) is 13.2 Å². The molecule has 0 aliphatic rings. The second kappa shape index (κ2) is 8.39. The molecule has 0 saturated heterocycles. The number of anilines is 1. The summed E-state index contributed by atoms with van der Waals surface area (Å²) < 4.78 is 32.9. The van der Waals surface area contributed by atoms with Gasteiger partial charge in [0.2, 0.25) is 10.0 Å². The van der Waals surface area contributed by atoms with E-state index < -0.39 is 10.0 Å². The van der Waals surface area contributed by atoms with E-state index in [4.69, 9.17) is 4.42 Å².